The number of aromatic nitrogens is 2. The zero-order chi connectivity index (χ0) is 12.3. The molecule has 4 nitrogen and oxygen atoms in total. The van der Waals surface area contributed by atoms with Crippen molar-refractivity contribution in [2.75, 3.05) is 11.9 Å². The fourth-order valence-electron chi connectivity index (χ4n) is 1.63. The van der Waals surface area contributed by atoms with Gasteiger partial charge in [0.1, 0.15) is 12.1 Å². The lowest BCUT2D eigenvalue weighted by molar-refractivity contribution is 0.218. The monoisotopic (exact) mass is 231 g/mol. The second kappa shape index (κ2) is 4.67. The van der Waals surface area contributed by atoms with Crippen LogP contribution in [0.3, 0.4) is 0 Å². The van der Waals surface area contributed by atoms with Crippen LogP contribution >= 0.6 is 0 Å². The van der Waals surface area contributed by atoms with Crippen LogP contribution in [0.25, 0.3) is 10.9 Å². The van der Waals surface area contributed by atoms with E-state index in [1.54, 1.807) is 0 Å². The van der Waals surface area contributed by atoms with Crippen LogP contribution in [0.2, 0.25) is 0 Å². The Hall–Kier alpha value is -1.68. The Balaban J connectivity index is 2.42. The van der Waals surface area contributed by atoms with E-state index >= 15 is 0 Å². The van der Waals surface area contributed by atoms with Crippen LogP contribution in [-0.4, -0.2) is 27.2 Å². The van der Waals surface area contributed by atoms with Gasteiger partial charge in [-0.1, -0.05) is 19.1 Å². The van der Waals surface area contributed by atoms with E-state index in [0.29, 0.717) is 0 Å². The van der Waals surface area contributed by atoms with E-state index in [1.165, 1.54) is 6.33 Å². The van der Waals surface area contributed by atoms with Crippen molar-refractivity contribution in [3.63, 3.8) is 0 Å². The van der Waals surface area contributed by atoms with Gasteiger partial charge in [0, 0.05) is 5.39 Å². The fourth-order valence-corrected chi connectivity index (χ4v) is 1.63. The number of nitrogens with one attached hydrogen (secondary N) is 1. The average Bonchev–Trinajstić information content (AvgIpc) is 2.39. The van der Waals surface area contributed by atoms with Gasteiger partial charge in [0.2, 0.25) is 0 Å². The third-order valence-electron chi connectivity index (χ3n) is 3.09. The van der Waals surface area contributed by atoms with Crippen molar-refractivity contribution >= 4 is 16.7 Å². The minimum Gasteiger partial charge on any atom is -0.394 e. The minimum absolute atomic E-state index is 0.0713. The van der Waals surface area contributed by atoms with Crippen LogP contribution in [0.15, 0.2) is 30.6 Å². The van der Waals surface area contributed by atoms with Crippen molar-refractivity contribution in [2.45, 2.75) is 25.8 Å². The summed E-state index contributed by atoms with van der Waals surface area (Å²) in [5.41, 5.74) is 0.554. The molecular weight excluding hydrogens is 214 g/mol. The Bertz CT molecular complexity index is 503. The molecule has 17 heavy (non-hydrogen) atoms. The summed E-state index contributed by atoms with van der Waals surface area (Å²) in [6.45, 7) is 4.08. The Kier molecular flexibility index (Phi) is 3.24. The summed E-state index contributed by atoms with van der Waals surface area (Å²) in [5, 5.41) is 13.7. The maximum Gasteiger partial charge on any atom is 0.137 e. The lowest BCUT2D eigenvalue weighted by Gasteiger charge is -2.28. The van der Waals surface area contributed by atoms with E-state index < -0.39 is 0 Å². The third kappa shape index (κ3) is 2.36. The van der Waals surface area contributed by atoms with E-state index in [-0.39, 0.29) is 12.1 Å². The summed E-state index contributed by atoms with van der Waals surface area (Å²) in [7, 11) is 0. The van der Waals surface area contributed by atoms with E-state index in [9.17, 15) is 5.11 Å². The molecule has 0 fully saturated rings. The predicted molar refractivity (Wildman–Crippen MR) is 68.9 cm³/mol. The number of hydrogen-bond donors (Lipinski definition) is 2. The Morgan fingerprint density at radius 3 is 2.76 bits per heavy atom. The maximum atomic E-state index is 9.41. The van der Waals surface area contributed by atoms with E-state index in [2.05, 4.69) is 15.3 Å². The van der Waals surface area contributed by atoms with Crippen LogP contribution in [0.1, 0.15) is 20.3 Å². The first-order valence-electron chi connectivity index (χ1n) is 5.77. The van der Waals surface area contributed by atoms with Crippen LogP contribution in [0.5, 0.6) is 0 Å². The van der Waals surface area contributed by atoms with Gasteiger partial charge in [0.15, 0.2) is 0 Å². The highest BCUT2D eigenvalue weighted by molar-refractivity contribution is 5.88. The van der Waals surface area contributed by atoms with Crippen molar-refractivity contribution in [1.82, 2.24) is 9.97 Å². The zero-order valence-corrected chi connectivity index (χ0v) is 10.1. The highest BCUT2D eigenvalue weighted by atomic mass is 16.3. The van der Waals surface area contributed by atoms with Gasteiger partial charge in [0.25, 0.3) is 0 Å². The van der Waals surface area contributed by atoms with Gasteiger partial charge in [-0.3, -0.25) is 0 Å². The highest BCUT2D eigenvalue weighted by Gasteiger charge is 2.21. The lowest BCUT2D eigenvalue weighted by atomic mass is 10.00. The molecule has 1 unspecified atom stereocenters. The number of fused-ring (bicyclic) bond motifs is 1. The van der Waals surface area contributed by atoms with Gasteiger partial charge < -0.3 is 10.4 Å². The molecule has 0 aliphatic rings. The molecule has 1 aromatic heterocycles. The summed E-state index contributed by atoms with van der Waals surface area (Å²) in [6.07, 6.45) is 2.36. The third-order valence-corrected chi connectivity index (χ3v) is 3.09. The van der Waals surface area contributed by atoms with E-state index in [1.807, 2.05) is 38.1 Å². The number of nitrogens with zero attached hydrogens (tertiary/aromatic N) is 2. The van der Waals surface area contributed by atoms with Gasteiger partial charge in [-0.05, 0) is 25.5 Å². The van der Waals surface area contributed by atoms with Crippen LogP contribution < -0.4 is 5.32 Å². The molecule has 90 valence electrons. The number of aliphatic hydroxyl groups is 1. The molecule has 0 aliphatic carbocycles. The molecule has 2 rings (SSSR count). The minimum atomic E-state index is -0.350. The van der Waals surface area contributed by atoms with Crippen molar-refractivity contribution in [3.05, 3.63) is 30.6 Å². The van der Waals surface area contributed by atoms with Crippen molar-refractivity contribution in [3.8, 4) is 0 Å². The number of para-hydroxylation sites is 1. The van der Waals surface area contributed by atoms with E-state index in [4.69, 9.17) is 0 Å². The Morgan fingerprint density at radius 2 is 2.06 bits per heavy atom. The molecule has 1 aromatic carbocycles. The average molecular weight is 231 g/mol. The molecule has 0 radical (unpaired) electrons. The number of hydrogen-bond acceptors (Lipinski definition) is 4. The molecule has 2 aromatic rings. The highest BCUT2D eigenvalue weighted by Crippen LogP contribution is 2.23. The molecule has 0 spiro atoms. The van der Waals surface area contributed by atoms with Crippen LogP contribution in [0.4, 0.5) is 5.82 Å². The molecule has 0 bridgehead atoms. The summed E-state index contributed by atoms with van der Waals surface area (Å²) in [6, 6.07) is 7.83. The van der Waals surface area contributed by atoms with Gasteiger partial charge in [-0.2, -0.15) is 0 Å². The second-order valence-corrected chi connectivity index (χ2v) is 4.44. The molecule has 2 N–H and O–H groups in total. The summed E-state index contributed by atoms with van der Waals surface area (Å²) in [4.78, 5) is 8.46. The molecule has 0 aliphatic heterocycles. The zero-order valence-electron chi connectivity index (χ0n) is 10.1. The van der Waals surface area contributed by atoms with Crippen molar-refractivity contribution in [1.29, 1.82) is 0 Å². The first kappa shape index (κ1) is 11.8. The normalized spacial score (nSPS) is 14.5. The number of rotatable bonds is 4. The quantitative estimate of drug-likeness (QED) is 0.847. The largest absolute Gasteiger partial charge is 0.394 e. The second-order valence-electron chi connectivity index (χ2n) is 4.44. The predicted octanol–water partition coefficient (Wildman–Crippen LogP) is 2.20. The fraction of sp³-hybridized carbons (Fsp3) is 0.385. The van der Waals surface area contributed by atoms with Gasteiger partial charge in [0.05, 0.1) is 17.7 Å². The Labute approximate surface area is 101 Å². The van der Waals surface area contributed by atoms with E-state index in [0.717, 1.165) is 23.1 Å². The number of aliphatic hydroxyl groups excluding tert-OH is 1. The van der Waals surface area contributed by atoms with Gasteiger partial charge in [-0.15, -0.1) is 0 Å². The Morgan fingerprint density at radius 1 is 1.29 bits per heavy atom. The number of anilines is 1. The molecule has 0 amide bonds. The topological polar surface area (TPSA) is 58.0 Å². The summed E-state index contributed by atoms with van der Waals surface area (Å²) in [5.74, 6) is 0.772. The van der Waals surface area contributed by atoms with Gasteiger partial charge in [-0.25, -0.2) is 9.97 Å². The van der Waals surface area contributed by atoms with Crippen molar-refractivity contribution < 1.29 is 5.11 Å². The maximum absolute atomic E-state index is 9.41. The molecule has 1 atom stereocenters. The summed E-state index contributed by atoms with van der Waals surface area (Å²) >= 11 is 0. The van der Waals surface area contributed by atoms with Crippen LogP contribution in [-0.2, 0) is 0 Å². The molecule has 1 heterocycles. The molecule has 4 heteroatoms. The van der Waals surface area contributed by atoms with Crippen molar-refractivity contribution in [2.24, 2.45) is 0 Å². The summed E-state index contributed by atoms with van der Waals surface area (Å²) < 4.78 is 0. The number of benzene rings is 1. The smallest absolute Gasteiger partial charge is 0.137 e. The lowest BCUT2D eigenvalue weighted by Crippen LogP contribution is -2.38. The van der Waals surface area contributed by atoms with Crippen LogP contribution in [0, 0.1) is 0 Å². The van der Waals surface area contributed by atoms with Gasteiger partial charge >= 0.3 is 0 Å². The molecular formula is C13H17N3O. The first-order chi connectivity index (χ1) is 8.18. The first-order valence-corrected chi connectivity index (χ1v) is 5.77. The molecule has 0 saturated heterocycles. The SMILES string of the molecule is CCC(C)(CO)Nc1ncnc2ccccc12. The standard InChI is InChI=1S/C13H17N3O/c1-3-13(2,8-17)16-12-10-6-4-5-7-11(10)14-9-15-12/h4-7,9,17H,3,8H2,1-2H3,(H,14,15,16). The molecule has 0 saturated carbocycles.